The van der Waals surface area contributed by atoms with Gasteiger partial charge in [0.1, 0.15) is 11.6 Å². The average molecular weight is 285 g/mol. The number of benzene rings is 1. The highest BCUT2D eigenvalue weighted by atomic mass is 16.5. The van der Waals surface area contributed by atoms with Gasteiger partial charge in [0.05, 0.1) is 13.2 Å². The molecule has 1 heterocycles. The first-order valence-electron chi connectivity index (χ1n) is 6.93. The van der Waals surface area contributed by atoms with Crippen molar-refractivity contribution in [3.05, 3.63) is 41.1 Å². The molecule has 2 rings (SSSR count). The Morgan fingerprint density at radius 3 is 2.76 bits per heavy atom. The number of amides is 1. The molecular weight excluding hydrogens is 266 g/mol. The number of rotatable bonds is 3. The number of hydrogen-bond donors (Lipinski definition) is 1. The molecule has 5 nitrogen and oxygen atoms in total. The number of nitriles is 1. The molecule has 21 heavy (non-hydrogen) atoms. The summed E-state index contributed by atoms with van der Waals surface area (Å²) in [6, 6.07) is 7.85. The Labute approximate surface area is 124 Å². The van der Waals surface area contributed by atoms with Gasteiger partial charge in [-0.25, -0.2) is 0 Å². The second-order valence-corrected chi connectivity index (χ2v) is 4.97. The number of morpholine rings is 1. The number of nitrogens with one attached hydrogen (secondary N) is 1. The Balaban J connectivity index is 2.11. The molecule has 1 saturated heterocycles. The molecule has 1 N–H and O–H groups in total. The topological polar surface area (TPSA) is 65.4 Å². The summed E-state index contributed by atoms with van der Waals surface area (Å²) < 4.78 is 5.21. The molecule has 5 heteroatoms. The van der Waals surface area contributed by atoms with Gasteiger partial charge in [-0.3, -0.25) is 4.79 Å². The molecule has 0 bridgehead atoms. The van der Waals surface area contributed by atoms with Crippen molar-refractivity contribution >= 4 is 11.6 Å². The number of hydrogen-bond acceptors (Lipinski definition) is 4. The first-order valence-corrected chi connectivity index (χ1v) is 6.93. The highest BCUT2D eigenvalue weighted by Gasteiger charge is 2.20. The largest absolute Gasteiger partial charge is 0.378 e. The SMILES string of the molecule is Cc1cccc(N/C=C(/C#N)C(=O)N2CCOCC2)c1C. The predicted octanol–water partition coefficient (Wildman–Crippen LogP) is 1.98. The highest BCUT2D eigenvalue weighted by Crippen LogP contribution is 2.18. The lowest BCUT2D eigenvalue weighted by Crippen LogP contribution is -2.41. The van der Waals surface area contributed by atoms with E-state index in [0.717, 1.165) is 16.8 Å². The minimum atomic E-state index is -0.251. The summed E-state index contributed by atoms with van der Waals surface area (Å²) in [5, 5.41) is 12.3. The van der Waals surface area contributed by atoms with Crippen LogP contribution < -0.4 is 5.32 Å². The Morgan fingerprint density at radius 2 is 2.10 bits per heavy atom. The molecule has 0 atom stereocenters. The maximum atomic E-state index is 12.2. The molecule has 0 aromatic heterocycles. The van der Waals surface area contributed by atoms with Crippen LogP contribution in [-0.4, -0.2) is 37.1 Å². The van der Waals surface area contributed by atoms with Crippen LogP contribution in [0.1, 0.15) is 11.1 Å². The van der Waals surface area contributed by atoms with Gasteiger partial charge < -0.3 is 15.0 Å². The molecule has 1 aromatic rings. The zero-order chi connectivity index (χ0) is 15.2. The molecule has 0 spiro atoms. The fraction of sp³-hybridized carbons (Fsp3) is 0.375. The molecule has 0 unspecified atom stereocenters. The minimum Gasteiger partial charge on any atom is -0.378 e. The summed E-state index contributed by atoms with van der Waals surface area (Å²) in [7, 11) is 0. The molecule has 0 radical (unpaired) electrons. The summed E-state index contributed by atoms with van der Waals surface area (Å²) in [6.45, 7) is 6.13. The van der Waals surface area contributed by atoms with E-state index in [1.807, 2.05) is 38.1 Å². The summed E-state index contributed by atoms with van der Waals surface area (Å²) >= 11 is 0. The molecule has 1 aliphatic rings. The van der Waals surface area contributed by atoms with Crippen molar-refractivity contribution in [1.29, 1.82) is 5.26 Å². The third kappa shape index (κ3) is 3.61. The zero-order valence-corrected chi connectivity index (χ0v) is 12.3. The van der Waals surface area contributed by atoms with Crippen LogP contribution in [0.3, 0.4) is 0 Å². The number of carbonyl (C=O) groups is 1. The smallest absolute Gasteiger partial charge is 0.266 e. The number of aryl methyl sites for hydroxylation is 1. The van der Waals surface area contributed by atoms with E-state index >= 15 is 0 Å². The van der Waals surface area contributed by atoms with Gasteiger partial charge in [-0.05, 0) is 31.0 Å². The summed E-state index contributed by atoms with van der Waals surface area (Å²) in [6.07, 6.45) is 1.49. The van der Waals surface area contributed by atoms with Crippen LogP contribution in [0, 0.1) is 25.2 Å². The zero-order valence-electron chi connectivity index (χ0n) is 12.3. The predicted molar refractivity (Wildman–Crippen MR) is 80.6 cm³/mol. The Kier molecular flexibility index (Phi) is 4.96. The number of nitrogens with zero attached hydrogens (tertiary/aromatic N) is 2. The Hall–Kier alpha value is -2.32. The lowest BCUT2D eigenvalue weighted by molar-refractivity contribution is -0.130. The highest BCUT2D eigenvalue weighted by molar-refractivity contribution is 5.97. The summed E-state index contributed by atoms with van der Waals surface area (Å²) in [5.74, 6) is -0.251. The summed E-state index contributed by atoms with van der Waals surface area (Å²) in [4.78, 5) is 13.9. The number of carbonyl (C=O) groups excluding carboxylic acids is 1. The van der Waals surface area contributed by atoms with Crippen molar-refractivity contribution in [3.8, 4) is 6.07 Å². The normalized spacial score (nSPS) is 15.5. The number of ether oxygens (including phenoxy) is 1. The standard InChI is InChI=1S/C16H19N3O2/c1-12-4-3-5-15(13(12)2)18-11-14(10-17)16(20)19-6-8-21-9-7-19/h3-5,11,18H,6-9H2,1-2H3/b14-11-. The van der Waals surface area contributed by atoms with Crippen LogP contribution in [0.4, 0.5) is 5.69 Å². The van der Waals surface area contributed by atoms with Gasteiger partial charge in [0.2, 0.25) is 0 Å². The van der Waals surface area contributed by atoms with Crippen molar-refractivity contribution in [1.82, 2.24) is 4.90 Å². The quantitative estimate of drug-likeness (QED) is 0.681. The second kappa shape index (κ2) is 6.91. The van der Waals surface area contributed by atoms with Gasteiger partial charge in [0, 0.05) is 25.0 Å². The molecule has 1 aliphatic heterocycles. The molecule has 0 aliphatic carbocycles. The van der Waals surface area contributed by atoms with E-state index in [4.69, 9.17) is 4.74 Å². The van der Waals surface area contributed by atoms with Crippen molar-refractivity contribution in [2.75, 3.05) is 31.6 Å². The van der Waals surface area contributed by atoms with Gasteiger partial charge in [-0.2, -0.15) is 5.26 Å². The lowest BCUT2D eigenvalue weighted by Gasteiger charge is -2.26. The summed E-state index contributed by atoms with van der Waals surface area (Å²) in [5.41, 5.74) is 3.27. The van der Waals surface area contributed by atoms with Gasteiger partial charge in [0.15, 0.2) is 0 Å². The van der Waals surface area contributed by atoms with Gasteiger partial charge in [0.25, 0.3) is 5.91 Å². The van der Waals surface area contributed by atoms with Gasteiger partial charge >= 0.3 is 0 Å². The first-order chi connectivity index (χ1) is 10.1. The second-order valence-electron chi connectivity index (χ2n) is 4.97. The van der Waals surface area contributed by atoms with E-state index in [1.165, 1.54) is 6.20 Å². The van der Waals surface area contributed by atoms with Crippen molar-refractivity contribution in [3.63, 3.8) is 0 Å². The van der Waals surface area contributed by atoms with Gasteiger partial charge in [-0.15, -0.1) is 0 Å². The van der Waals surface area contributed by atoms with E-state index in [1.54, 1.807) is 4.90 Å². The van der Waals surface area contributed by atoms with E-state index in [9.17, 15) is 10.1 Å². The van der Waals surface area contributed by atoms with E-state index in [0.29, 0.717) is 26.3 Å². The average Bonchev–Trinajstić information content (AvgIpc) is 2.52. The monoisotopic (exact) mass is 285 g/mol. The third-order valence-electron chi connectivity index (χ3n) is 3.63. The molecule has 1 aromatic carbocycles. The fourth-order valence-electron chi connectivity index (χ4n) is 2.14. The van der Waals surface area contributed by atoms with Crippen LogP contribution >= 0.6 is 0 Å². The van der Waals surface area contributed by atoms with Crippen LogP contribution in [0.15, 0.2) is 30.0 Å². The van der Waals surface area contributed by atoms with Crippen LogP contribution in [0.25, 0.3) is 0 Å². The molecular formula is C16H19N3O2. The van der Waals surface area contributed by atoms with Crippen molar-refractivity contribution < 1.29 is 9.53 Å². The maximum absolute atomic E-state index is 12.2. The van der Waals surface area contributed by atoms with Crippen LogP contribution in [-0.2, 0) is 9.53 Å². The first kappa shape index (κ1) is 15.1. The molecule has 110 valence electrons. The lowest BCUT2D eigenvalue weighted by atomic mass is 10.1. The van der Waals surface area contributed by atoms with E-state index in [2.05, 4.69) is 5.32 Å². The Morgan fingerprint density at radius 1 is 1.38 bits per heavy atom. The molecule has 1 amide bonds. The van der Waals surface area contributed by atoms with Crippen LogP contribution in [0.2, 0.25) is 0 Å². The van der Waals surface area contributed by atoms with Crippen molar-refractivity contribution in [2.45, 2.75) is 13.8 Å². The molecule has 1 fully saturated rings. The van der Waals surface area contributed by atoms with E-state index < -0.39 is 0 Å². The van der Waals surface area contributed by atoms with Crippen LogP contribution in [0.5, 0.6) is 0 Å². The van der Waals surface area contributed by atoms with E-state index in [-0.39, 0.29) is 11.5 Å². The Bertz CT molecular complexity index is 596. The number of anilines is 1. The minimum absolute atomic E-state index is 0.109. The third-order valence-corrected chi connectivity index (χ3v) is 3.63. The van der Waals surface area contributed by atoms with Crippen molar-refractivity contribution in [2.24, 2.45) is 0 Å². The fourth-order valence-corrected chi connectivity index (χ4v) is 2.14. The van der Waals surface area contributed by atoms with Gasteiger partial charge in [-0.1, -0.05) is 12.1 Å². The molecule has 0 saturated carbocycles. The maximum Gasteiger partial charge on any atom is 0.266 e.